The first-order chi connectivity index (χ1) is 11.2. The predicted octanol–water partition coefficient (Wildman–Crippen LogP) is 2.86. The number of halogens is 1. The van der Waals surface area contributed by atoms with E-state index in [4.69, 9.17) is 9.84 Å². The lowest BCUT2D eigenvalue weighted by atomic mass is 10.2. The number of pyridine rings is 1. The second kappa shape index (κ2) is 5.19. The van der Waals surface area contributed by atoms with E-state index in [1.165, 1.54) is 6.07 Å². The summed E-state index contributed by atoms with van der Waals surface area (Å²) >= 11 is 0. The second-order valence-corrected chi connectivity index (χ2v) is 5.56. The van der Waals surface area contributed by atoms with Gasteiger partial charge in [0.2, 0.25) is 0 Å². The first-order valence-electron chi connectivity index (χ1n) is 7.48. The molecule has 1 aliphatic rings. The number of aromatic nitrogens is 4. The van der Waals surface area contributed by atoms with Crippen molar-refractivity contribution < 1.29 is 9.13 Å². The lowest BCUT2D eigenvalue weighted by molar-refractivity contribution is 0.405. The van der Waals surface area contributed by atoms with E-state index in [0.29, 0.717) is 17.3 Å². The zero-order chi connectivity index (χ0) is 16.0. The largest absolute Gasteiger partial charge is 0.495 e. The molecule has 0 atom stereocenters. The van der Waals surface area contributed by atoms with Gasteiger partial charge in [-0.05, 0) is 25.0 Å². The van der Waals surface area contributed by atoms with Crippen LogP contribution in [-0.2, 0) is 0 Å². The van der Waals surface area contributed by atoms with E-state index in [0.717, 1.165) is 30.0 Å². The first kappa shape index (κ1) is 13.9. The summed E-state index contributed by atoms with van der Waals surface area (Å²) in [6, 6.07) is 4.90. The Morgan fingerprint density at radius 3 is 2.87 bits per heavy atom. The van der Waals surface area contributed by atoms with Crippen LogP contribution in [0.1, 0.15) is 24.5 Å². The first-order valence-corrected chi connectivity index (χ1v) is 7.48. The maximum absolute atomic E-state index is 13.6. The number of nitrogens with zero attached hydrogens (tertiary/aromatic N) is 4. The normalized spacial score (nSPS) is 14.2. The molecular weight excluding hydrogens is 297 g/mol. The van der Waals surface area contributed by atoms with Crippen molar-refractivity contribution in [2.75, 3.05) is 19.5 Å². The average Bonchev–Trinajstić information content (AvgIpc) is 3.34. The van der Waals surface area contributed by atoms with E-state index >= 15 is 0 Å². The van der Waals surface area contributed by atoms with Crippen LogP contribution in [-0.4, -0.2) is 33.7 Å². The fourth-order valence-electron chi connectivity index (χ4n) is 2.65. The molecule has 1 aliphatic carbocycles. The maximum Gasteiger partial charge on any atom is 0.165 e. The van der Waals surface area contributed by atoms with Crippen molar-refractivity contribution in [1.82, 2.24) is 19.6 Å². The molecular formula is C16H16FN5O. The maximum atomic E-state index is 13.6. The standard InChI is InChI=1S/C16H16FN5O/c1-18-16-10(17)5-6-11(20-16)12-8-19-14-7-13(23-2)15(9-3-4-9)21-22(12)14/h5-9H,3-4H2,1-2H3,(H,18,20). The molecule has 3 heterocycles. The van der Waals surface area contributed by atoms with E-state index in [1.807, 2.05) is 6.07 Å². The van der Waals surface area contributed by atoms with Gasteiger partial charge in [0.15, 0.2) is 17.3 Å². The Labute approximate surface area is 132 Å². The molecule has 23 heavy (non-hydrogen) atoms. The highest BCUT2D eigenvalue weighted by molar-refractivity contribution is 5.62. The number of hydrogen-bond donors (Lipinski definition) is 1. The summed E-state index contributed by atoms with van der Waals surface area (Å²) in [7, 11) is 3.28. The number of nitrogens with one attached hydrogen (secondary N) is 1. The van der Waals surface area contributed by atoms with Crippen LogP contribution in [0.3, 0.4) is 0 Å². The van der Waals surface area contributed by atoms with Gasteiger partial charge in [0.1, 0.15) is 17.1 Å². The third-order valence-corrected chi connectivity index (χ3v) is 4.01. The fourth-order valence-corrected chi connectivity index (χ4v) is 2.65. The van der Waals surface area contributed by atoms with Crippen LogP contribution < -0.4 is 10.1 Å². The second-order valence-electron chi connectivity index (χ2n) is 5.56. The molecule has 0 amide bonds. The molecule has 0 aromatic carbocycles. The Bertz CT molecular complexity index is 888. The van der Waals surface area contributed by atoms with E-state index in [9.17, 15) is 4.39 Å². The molecule has 1 N–H and O–H groups in total. The van der Waals surface area contributed by atoms with Crippen LogP contribution in [0.15, 0.2) is 24.4 Å². The van der Waals surface area contributed by atoms with Crippen LogP contribution in [0, 0.1) is 5.82 Å². The molecule has 3 aromatic rings. The zero-order valence-corrected chi connectivity index (χ0v) is 12.9. The molecule has 0 aliphatic heterocycles. The Balaban J connectivity index is 1.89. The molecule has 0 spiro atoms. The van der Waals surface area contributed by atoms with Crippen LogP contribution in [0.2, 0.25) is 0 Å². The molecule has 6 nitrogen and oxygen atoms in total. The van der Waals surface area contributed by atoms with Crippen molar-refractivity contribution in [2.24, 2.45) is 0 Å². The van der Waals surface area contributed by atoms with Gasteiger partial charge in [-0.25, -0.2) is 18.9 Å². The summed E-state index contributed by atoms with van der Waals surface area (Å²) < 4.78 is 20.8. The van der Waals surface area contributed by atoms with Crippen molar-refractivity contribution in [3.63, 3.8) is 0 Å². The zero-order valence-electron chi connectivity index (χ0n) is 12.9. The minimum absolute atomic E-state index is 0.202. The number of anilines is 1. The van der Waals surface area contributed by atoms with Crippen LogP contribution >= 0.6 is 0 Å². The number of hydrogen-bond acceptors (Lipinski definition) is 5. The highest BCUT2D eigenvalue weighted by atomic mass is 19.1. The highest BCUT2D eigenvalue weighted by Gasteiger charge is 2.29. The summed E-state index contributed by atoms with van der Waals surface area (Å²) in [6.07, 6.45) is 3.94. The Morgan fingerprint density at radius 1 is 1.35 bits per heavy atom. The molecule has 0 bridgehead atoms. The van der Waals surface area contributed by atoms with Crippen LogP contribution in [0.25, 0.3) is 17.0 Å². The summed E-state index contributed by atoms with van der Waals surface area (Å²) in [5.41, 5.74) is 2.96. The summed E-state index contributed by atoms with van der Waals surface area (Å²) in [4.78, 5) is 8.67. The summed E-state index contributed by atoms with van der Waals surface area (Å²) in [5.74, 6) is 1.02. The van der Waals surface area contributed by atoms with Crippen molar-refractivity contribution >= 4 is 11.5 Å². The van der Waals surface area contributed by atoms with Gasteiger partial charge in [0.05, 0.1) is 19.0 Å². The number of fused-ring (bicyclic) bond motifs is 1. The molecule has 7 heteroatoms. The molecule has 3 aromatic heterocycles. The molecule has 1 fully saturated rings. The molecule has 118 valence electrons. The van der Waals surface area contributed by atoms with Gasteiger partial charge in [0.25, 0.3) is 0 Å². The average molecular weight is 313 g/mol. The number of ether oxygens (including phenoxy) is 1. The lowest BCUT2D eigenvalue weighted by Gasteiger charge is -2.09. The highest BCUT2D eigenvalue weighted by Crippen LogP contribution is 2.43. The molecule has 4 rings (SSSR count). The Kier molecular flexibility index (Phi) is 3.14. The third-order valence-electron chi connectivity index (χ3n) is 4.01. The minimum Gasteiger partial charge on any atom is -0.495 e. The van der Waals surface area contributed by atoms with E-state index in [-0.39, 0.29) is 5.82 Å². The topological polar surface area (TPSA) is 64.3 Å². The van der Waals surface area contributed by atoms with Crippen molar-refractivity contribution in [3.8, 4) is 17.1 Å². The quantitative estimate of drug-likeness (QED) is 0.802. The number of rotatable bonds is 4. The minimum atomic E-state index is -0.390. The smallest absolute Gasteiger partial charge is 0.165 e. The lowest BCUT2D eigenvalue weighted by Crippen LogP contribution is -2.03. The van der Waals surface area contributed by atoms with E-state index in [1.54, 1.807) is 30.9 Å². The molecule has 0 unspecified atom stereocenters. The van der Waals surface area contributed by atoms with Gasteiger partial charge < -0.3 is 10.1 Å². The van der Waals surface area contributed by atoms with Gasteiger partial charge in [-0.1, -0.05) is 0 Å². The molecule has 1 saturated carbocycles. The van der Waals surface area contributed by atoms with E-state index in [2.05, 4.69) is 15.3 Å². The van der Waals surface area contributed by atoms with Crippen molar-refractivity contribution in [1.29, 1.82) is 0 Å². The van der Waals surface area contributed by atoms with Gasteiger partial charge in [-0.2, -0.15) is 5.10 Å². The SMILES string of the molecule is CNc1nc(-c2cnc3cc(OC)c(C4CC4)nn23)ccc1F. The van der Waals surface area contributed by atoms with Gasteiger partial charge in [-0.3, -0.25) is 0 Å². The van der Waals surface area contributed by atoms with E-state index < -0.39 is 5.82 Å². The number of imidazole rings is 1. The molecule has 0 saturated heterocycles. The van der Waals surface area contributed by atoms with Crippen molar-refractivity contribution in [2.45, 2.75) is 18.8 Å². The third kappa shape index (κ3) is 2.28. The monoisotopic (exact) mass is 313 g/mol. The van der Waals surface area contributed by atoms with Crippen LogP contribution in [0.4, 0.5) is 10.2 Å². The summed E-state index contributed by atoms with van der Waals surface area (Å²) in [6.45, 7) is 0. The Hall–Kier alpha value is -2.70. The number of methoxy groups -OCH3 is 1. The molecule has 0 radical (unpaired) electrons. The van der Waals surface area contributed by atoms with Gasteiger partial charge in [0, 0.05) is 19.0 Å². The fraction of sp³-hybridized carbons (Fsp3) is 0.312. The Morgan fingerprint density at radius 2 is 2.17 bits per heavy atom. The van der Waals surface area contributed by atoms with Crippen molar-refractivity contribution in [3.05, 3.63) is 35.9 Å². The van der Waals surface area contributed by atoms with Crippen LogP contribution in [0.5, 0.6) is 5.75 Å². The van der Waals surface area contributed by atoms with Gasteiger partial charge >= 0.3 is 0 Å². The van der Waals surface area contributed by atoms with Gasteiger partial charge in [-0.15, -0.1) is 0 Å². The predicted molar refractivity (Wildman–Crippen MR) is 84.2 cm³/mol. The summed E-state index contributed by atoms with van der Waals surface area (Å²) in [5, 5.41) is 7.44.